The second-order valence-corrected chi connectivity index (χ2v) is 17.6. The molecule has 0 N–H and O–H groups in total. The number of benzene rings is 8. The lowest BCUT2D eigenvalue weighted by molar-refractivity contribution is 0.973. The molecule has 0 bridgehead atoms. The Morgan fingerprint density at radius 2 is 0.914 bits per heavy atom. The number of nitrogens with zero attached hydrogens (tertiary/aromatic N) is 4. The molecule has 0 aliphatic heterocycles. The molecule has 0 spiro atoms. The van der Waals surface area contributed by atoms with Gasteiger partial charge >= 0.3 is 0 Å². The smallest absolute Gasteiger partial charge is 0.0468 e. The molecule has 4 heteroatoms. The molecule has 4 nitrogen and oxygen atoms in total. The molecule has 0 heterocycles. The van der Waals surface area contributed by atoms with Gasteiger partial charge in [0.05, 0.1) is 0 Å². The zero-order chi connectivity index (χ0) is 47.7. The van der Waals surface area contributed by atoms with Gasteiger partial charge in [-0.1, -0.05) is 141 Å². The SMILES string of the molecule is C=C1CCC=C/C1=C/C=C/N(C(=C)/C=C\C(=C)N(c1ccc(N(c2ccccc2)c2ccc3c(c2)CCC=C3)cc1)c1ccc(N(c2ccccc2)c2ccc3ccccc3c2)cc1)c1ccccc1. The molecule has 340 valence electrons. The molecule has 2 aliphatic carbocycles. The molecule has 0 radical (unpaired) electrons. The summed E-state index contributed by atoms with van der Waals surface area (Å²) in [5, 5.41) is 2.40. The van der Waals surface area contributed by atoms with Gasteiger partial charge < -0.3 is 19.6 Å². The van der Waals surface area contributed by atoms with Crippen LogP contribution in [0.4, 0.5) is 51.2 Å². The first kappa shape index (κ1) is 44.9. The first-order valence-corrected chi connectivity index (χ1v) is 24.1. The largest absolute Gasteiger partial charge is 0.318 e. The van der Waals surface area contributed by atoms with Crippen molar-refractivity contribution in [1.82, 2.24) is 0 Å². The number of hydrogen-bond acceptors (Lipinski definition) is 4. The van der Waals surface area contributed by atoms with Gasteiger partial charge in [0.25, 0.3) is 0 Å². The van der Waals surface area contributed by atoms with Crippen LogP contribution >= 0.6 is 0 Å². The zero-order valence-corrected chi connectivity index (χ0v) is 39.5. The van der Waals surface area contributed by atoms with Crippen LogP contribution in [0.1, 0.15) is 30.4 Å². The van der Waals surface area contributed by atoms with E-state index in [0.717, 1.165) is 99.4 Å². The molecule has 0 saturated heterocycles. The highest BCUT2D eigenvalue weighted by molar-refractivity contribution is 5.90. The van der Waals surface area contributed by atoms with Crippen LogP contribution in [0.15, 0.2) is 291 Å². The van der Waals surface area contributed by atoms with E-state index in [-0.39, 0.29) is 0 Å². The predicted octanol–water partition coefficient (Wildman–Crippen LogP) is 18.3. The average Bonchev–Trinajstić information content (AvgIpc) is 3.41. The van der Waals surface area contributed by atoms with Gasteiger partial charge in [0.15, 0.2) is 0 Å². The van der Waals surface area contributed by atoms with Gasteiger partial charge in [0.2, 0.25) is 0 Å². The standard InChI is InChI=1S/C66H56N4/c1-50-20-13-14-21-53(50)26-19-47-67(58-27-7-4-8-28-58)51(2)33-34-52(3)68(61-39-43-63(44-40-61)69(59-29-9-5-10-30-59)65-37-35-54-22-15-17-24-56(54)48-65)62-41-45-64(46-42-62)70(60-31-11-6-12-32-60)66-38-36-55-23-16-18-25-57(55)49-66/h4-12,14-17,19,21-24,26-49H,1-3,13,18,20,25H2/b34-33-,47-19+,53-26-. The number of anilines is 9. The first-order chi connectivity index (χ1) is 34.5. The summed E-state index contributed by atoms with van der Waals surface area (Å²) in [6, 6.07) is 71.1. The molecular weight excluding hydrogens is 849 g/mol. The van der Waals surface area contributed by atoms with E-state index in [1.165, 1.54) is 21.9 Å². The summed E-state index contributed by atoms with van der Waals surface area (Å²) in [4.78, 5) is 8.97. The number of rotatable bonds is 15. The van der Waals surface area contributed by atoms with E-state index in [1.54, 1.807) is 0 Å². The van der Waals surface area contributed by atoms with Gasteiger partial charge in [-0.25, -0.2) is 0 Å². The summed E-state index contributed by atoms with van der Waals surface area (Å²) in [5.41, 5.74) is 16.0. The third-order valence-corrected chi connectivity index (χ3v) is 12.9. The fourth-order valence-electron chi connectivity index (χ4n) is 9.33. The Morgan fingerprint density at radius 1 is 0.429 bits per heavy atom. The minimum Gasteiger partial charge on any atom is -0.318 e. The van der Waals surface area contributed by atoms with Crippen LogP contribution in [0, 0.1) is 0 Å². The maximum atomic E-state index is 4.73. The lowest BCUT2D eigenvalue weighted by Crippen LogP contribution is -2.16. The van der Waals surface area contributed by atoms with E-state index in [1.807, 2.05) is 24.3 Å². The van der Waals surface area contributed by atoms with E-state index < -0.39 is 0 Å². The summed E-state index contributed by atoms with van der Waals surface area (Å²) in [5.74, 6) is 0. The van der Waals surface area contributed by atoms with Crippen LogP contribution in [0.2, 0.25) is 0 Å². The normalized spacial score (nSPS) is 13.7. The fourth-order valence-corrected chi connectivity index (χ4v) is 9.33. The second kappa shape index (κ2) is 21.0. The molecule has 0 atom stereocenters. The third kappa shape index (κ3) is 10.0. The van der Waals surface area contributed by atoms with Crippen molar-refractivity contribution in [2.75, 3.05) is 19.6 Å². The van der Waals surface area contributed by atoms with Crippen LogP contribution < -0.4 is 19.6 Å². The predicted molar refractivity (Wildman–Crippen MR) is 300 cm³/mol. The van der Waals surface area contributed by atoms with E-state index >= 15 is 0 Å². The van der Waals surface area contributed by atoms with Crippen molar-refractivity contribution in [2.24, 2.45) is 0 Å². The summed E-state index contributed by atoms with van der Waals surface area (Å²) in [6.07, 6.45) is 23.3. The highest BCUT2D eigenvalue weighted by Gasteiger charge is 2.19. The molecule has 2 aliphatic rings. The second-order valence-electron chi connectivity index (χ2n) is 17.6. The molecular formula is C66H56N4. The summed E-state index contributed by atoms with van der Waals surface area (Å²) in [6.45, 7) is 13.6. The van der Waals surface area contributed by atoms with E-state index in [4.69, 9.17) is 6.58 Å². The number of allylic oxidation sites excluding steroid dienone is 9. The topological polar surface area (TPSA) is 13.0 Å². The molecule has 8 aromatic carbocycles. The highest BCUT2D eigenvalue weighted by atomic mass is 15.2. The Labute approximate surface area is 413 Å². The highest BCUT2D eigenvalue weighted by Crippen LogP contribution is 2.41. The Morgan fingerprint density at radius 3 is 1.54 bits per heavy atom. The minimum absolute atomic E-state index is 0.779. The number of para-hydroxylation sites is 3. The maximum absolute atomic E-state index is 4.73. The van der Waals surface area contributed by atoms with Gasteiger partial charge in [-0.3, -0.25) is 0 Å². The molecule has 0 unspecified atom stereocenters. The van der Waals surface area contributed by atoms with Gasteiger partial charge in [-0.15, -0.1) is 0 Å². The van der Waals surface area contributed by atoms with Crippen molar-refractivity contribution in [3.63, 3.8) is 0 Å². The summed E-state index contributed by atoms with van der Waals surface area (Å²) >= 11 is 0. The van der Waals surface area contributed by atoms with Crippen LogP contribution in [-0.4, -0.2) is 0 Å². The van der Waals surface area contributed by atoms with Crippen molar-refractivity contribution in [1.29, 1.82) is 0 Å². The lowest BCUT2D eigenvalue weighted by atomic mass is 9.96. The third-order valence-electron chi connectivity index (χ3n) is 12.9. The van der Waals surface area contributed by atoms with Crippen molar-refractivity contribution in [3.8, 4) is 0 Å². The number of aryl methyl sites for hydroxylation is 1. The number of hydrogen-bond donors (Lipinski definition) is 0. The van der Waals surface area contributed by atoms with Crippen molar-refractivity contribution < 1.29 is 0 Å². The molecule has 0 aromatic heterocycles. The van der Waals surface area contributed by atoms with Gasteiger partial charge in [0, 0.05) is 68.8 Å². The number of fused-ring (bicyclic) bond motifs is 2. The van der Waals surface area contributed by atoms with Crippen LogP contribution in [0.5, 0.6) is 0 Å². The van der Waals surface area contributed by atoms with Crippen LogP contribution in [0.3, 0.4) is 0 Å². The zero-order valence-electron chi connectivity index (χ0n) is 39.5. The molecule has 0 fully saturated rings. The molecule has 70 heavy (non-hydrogen) atoms. The van der Waals surface area contributed by atoms with Crippen molar-refractivity contribution in [2.45, 2.75) is 25.7 Å². The Balaban J connectivity index is 1.02. The van der Waals surface area contributed by atoms with E-state index in [9.17, 15) is 0 Å². The Bertz CT molecular complexity index is 3300. The molecule has 10 rings (SSSR count). The maximum Gasteiger partial charge on any atom is 0.0468 e. The van der Waals surface area contributed by atoms with Gasteiger partial charge in [-0.05, 0) is 186 Å². The van der Waals surface area contributed by atoms with Crippen LogP contribution in [0.25, 0.3) is 16.8 Å². The summed E-state index contributed by atoms with van der Waals surface area (Å²) in [7, 11) is 0. The van der Waals surface area contributed by atoms with Crippen molar-refractivity contribution in [3.05, 3.63) is 302 Å². The Hall–Kier alpha value is -8.86. The first-order valence-electron chi connectivity index (χ1n) is 24.1. The average molecular weight is 905 g/mol. The quantitative estimate of drug-likeness (QED) is 0.0950. The van der Waals surface area contributed by atoms with Gasteiger partial charge in [-0.2, -0.15) is 0 Å². The lowest BCUT2D eigenvalue weighted by Gasteiger charge is -2.30. The van der Waals surface area contributed by atoms with Gasteiger partial charge in [0.1, 0.15) is 0 Å². The molecule has 8 aromatic rings. The molecule has 0 amide bonds. The van der Waals surface area contributed by atoms with E-state index in [2.05, 4.69) is 263 Å². The monoisotopic (exact) mass is 904 g/mol. The fraction of sp³-hybridized carbons (Fsp3) is 0.0606. The van der Waals surface area contributed by atoms with Crippen molar-refractivity contribution >= 4 is 68.0 Å². The summed E-state index contributed by atoms with van der Waals surface area (Å²) < 4.78 is 0. The Kier molecular flexibility index (Phi) is 13.5. The van der Waals surface area contributed by atoms with E-state index in [0.29, 0.717) is 0 Å². The minimum atomic E-state index is 0.779. The van der Waals surface area contributed by atoms with Crippen LogP contribution in [-0.2, 0) is 6.42 Å². The molecule has 0 saturated carbocycles.